The summed E-state index contributed by atoms with van der Waals surface area (Å²) < 4.78 is 37.6. The van der Waals surface area contributed by atoms with Gasteiger partial charge >= 0.3 is 6.18 Å². The van der Waals surface area contributed by atoms with Gasteiger partial charge in [-0.2, -0.15) is 13.2 Å². The zero-order valence-electron chi connectivity index (χ0n) is 13.0. The van der Waals surface area contributed by atoms with Crippen molar-refractivity contribution in [2.24, 2.45) is 0 Å². The van der Waals surface area contributed by atoms with E-state index < -0.39 is 17.6 Å². The van der Waals surface area contributed by atoms with Crippen LogP contribution < -0.4 is 10.2 Å². The fraction of sp³-hybridized carbons (Fsp3) is 0.176. The number of halogens is 3. The van der Waals surface area contributed by atoms with Crippen molar-refractivity contribution >= 4 is 23.2 Å². The van der Waals surface area contributed by atoms with Crippen molar-refractivity contribution in [2.45, 2.75) is 13.1 Å². The third kappa shape index (κ3) is 3.92. The number of alkyl halides is 3. The second kappa shape index (κ2) is 6.74. The highest BCUT2D eigenvalue weighted by Gasteiger charge is 2.30. The number of hydrogen-bond acceptors (Lipinski definition) is 2. The van der Waals surface area contributed by atoms with Gasteiger partial charge in [0.1, 0.15) is 0 Å². The highest BCUT2D eigenvalue weighted by molar-refractivity contribution is 6.07. The molecule has 0 radical (unpaired) electrons. The maximum atomic E-state index is 12.5. The number of rotatable bonds is 3. The van der Waals surface area contributed by atoms with E-state index in [1.165, 1.54) is 11.8 Å². The Balaban J connectivity index is 2.23. The molecule has 0 atom stereocenters. The van der Waals surface area contributed by atoms with E-state index in [2.05, 4.69) is 5.32 Å². The monoisotopic (exact) mass is 336 g/mol. The van der Waals surface area contributed by atoms with Gasteiger partial charge in [0, 0.05) is 19.5 Å². The molecule has 1 N–H and O–H groups in total. The lowest BCUT2D eigenvalue weighted by atomic mass is 10.1. The van der Waals surface area contributed by atoms with E-state index in [1.807, 2.05) is 0 Å². The number of benzene rings is 2. The molecule has 2 amide bonds. The summed E-state index contributed by atoms with van der Waals surface area (Å²) in [5.74, 6) is -0.778. The van der Waals surface area contributed by atoms with Crippen LogP contribution in [0.25, 0.3) is 0 Å². The van der Waals surface area contributed by atoms with Crippen LogP contribution in [-0.2, 0) is 11.0 Å². The van der Waals surface area contributed by atoms with Gasteiger partial charge in [0.2, 0.25) is 5.91 Å². The summed E-state index contributed by atoms with van der Waals surface area (Å²) in [4.78, 5) is 25.1. The minimum absolute atomic E-state index is 0.0864. The Morgan fingerprint density at radius 3 is 2.12 bits per heavy atom. The lowest BCUT2D eigenvalue weighted by Crippen LogP contribution is -2.24. The summed E-state index contributed by atoms with van der Waals surface area (Å²) >= 11 is 0. The van der Waals surface area contributed by atoms with Crippen molar-refractivity contribution in [2.75, 3.05) is 17.3 Å². The molecular formula is C17H15F3N2O2. The van der Waals surface area contributed by atoms with Crippen LogP contribution in [0.5, 0.6) is 0 Å². The molecule has 0 aliphatic carbocycles. The second-order valence-electron chi connectivity index (χ2n) is 5.12. The molecule has 2 aromatic rings. The van der Waals surface area contributed by atoms with Gasteiger partial charge in [-0.1, -0.05) is 12.1 Å². The van der Waals surface area contributed by atoms with Crippen LogP contribution in [0.3, 0.4) is 0 Å². The molecule has 0 spiro atoms. The van der Waals surface area contributed by atoms with Gasteiger partial charge in [-0.05, 0) is 36.4 Å². The van der Waals surface area contributed by atoms with Crippen molar-refractivity contribution in [3.8, 4) is 0 Å². The molecular weight excluding hydrogens is 321 g/mol. The van der Waals surface area contributed by atoms with E-state index in [0.717, 1.165) is 24.3 Å². The minimum Gasteiger partial charge on any atom is -0.320 e. The van der Waals surface area contributed by atoms with E-state index >= 15 is 0 Å². The molecule has 0 fully saturated rings. The molecule has 2 aromatic carbocycles. The van der Waals surface area contributed by atoms with Gasteiger partial charge in [0.15, 0.2) is 0 Å². The minimum atomic E-state index is -4.45. The highest BCUT2D eigenvalue weighted by Crippen LogP contribution is 2.29. The molecule has 0 heterocycles. The largest absolute Gasteiger partial charge is 0.416 e. The highest BCUT2D eigenvalue weighted by atomic mass is 19.4. The first-order valence-electron chi connectivity index (χ1n) is 7.02. The summed E-state index contributed by atoms with van der Waals surface area (Å²) in [5.41, 5.74) is 0.143. The zero-order chi connectivity index (χ0) is 17.9. The third-order valence-electron chi connectivity index (χ3n) is 3.46. The fourth-order valence-electron chi connectivity index (χ4n) is 2.05. The van der Waals surface area contributed by atoms with Crippen LogP contribution in [-0.4, -0.2) is 18.9 Å². The Kier molecular flexibility index (Phi) is 4.92. The lowest BCUT2D eigenvalue weighted by molar-refractivity contribution is -0.137. The van der Waals surface area contributed by atoms with Crippen LogP contribution in [0.15, 0.2) is 48.5 Å². The lowest BCUT2D eigenvalue weighted by Gasteiger charge is -2.19. The molecule has 24 heavy (non-hydrogen) atoms. The van der Waals surface area contributed by atoms with Gasteiger partial charge in [0.05, 0.1) is 16.9 Å². The Bertz CT molecular complexity index is 755. The standard InChI is InChI=1S/C17H15F3N2O2/c1-11(23)22(2)15-6-4-3-5-14(15)21-16(24)12-7-9-13(10-8-12)17(18,19)20/h3-10H,1-2H3,(H,21,24). The molecule has 0 unspecified atom stereocenters. The maximum Gasteiger partial charge on any atom is 0.416 e. The molecule has 126 valence electrons. The van der Waals surface area contributed by atoms with E-state index in [1.54, 1.807) is 31.3 Å². The molecule has 4 nitrogen and oxygen atoms in total. The maximum absolute atomic E-state index is 12.5. The average Bonchev–Trinajstić information content (AvgIpc) is 2.54. The smallest absolute Gasteiger partial charge is 0.320 e. The Labute approximate surface area is 136 Å². The number of nitrogens with one attached hydrogen (secondary N) is 1. The predicted molar refractivity (Wildman–Crippen MR) is 84.9 cm³/mol. The van der Waals surface area contributed by atoms with Gasteiger partial charge in [-0.25, -0.2) is 0 Å². The third-order valence-corrected chi connectivity index (χ3v) is 3.46. The van der Waals surface area contributed by atoms with Crippen molar-refractivity contribution in [3.63, 3.8) is 0 Å². The second-order valence-corrected chi connectivity index (χ2v) is 5.12. The summed E-state index contributed by atoms with van der Waals surface area (Å²) in [5, 5.41) is 2.61. The van der Waals surface area contributed by atoms with Crippen LogP contribution in [0, 0.1) is 0 Å². The SMILES string of the molecule is CC(=O)N(C)c1ccccc1NC(=O)c1ccc(C(F)(F)F)cc1. The molecule has 0 bridgehead atoms. The molecule has 2 rings (SSSR count). The number of anilines is 2. The number of para-hydroxylation sites is 2. The number of nitrogens with zero attached hydrogens (tertiary/aromatic N) is 1. The Morgan fingerprint density at radius 1 is 1.00 bits per heavy atom. The number of amides is 2. The van der Waals surface area contributed by atoms with Crippen molar-refractivity contribution in [1.82, 2.24) is 0 Å². The first-order valence-corrected chi connectivity index (χ1v) is 7.02. The summed E-state index contributed by atoms with van der Waals surface area (Å²) in [6.45, 7) is 1.38. The van der Waals surface area contributed by atoms with Crippen LogP contribution in [0.1, 0.15) is 22.8 Å². The molecule has 0 aliphatic rings. The number of carbonyl (C=O) groups excluding carboxylic acids is 2. The van der Waals surface area contributed by atoms with Crippen LogP contribution >= 0.6 is 0 Å². The molecule has 0 saturated heterocycles. The van der Waals surface area contributed by atoms with Crippen LogP contribution in [0.4, 0.5) is 24.5 Å². The van der Waals surface area contributed by atoms with Crippen molar-refractivity contribution < 1.29 is 22.8 Å². The van der Waals surface area contributed by atoms with Gasteiger partial charge in [-0.15, -0.1) is 0 Å². The summed E-state index contributed by atoms with van der Waals surface area (Å²) in [7, 11) is 1.56. The molecule has 0 aromatic heterocycles. The zero-order valence-corrected chi connectivity index (χ0v) is 13.0. The van der Waals surface area contributed by atoms with Gasteiger partial charge < -0.3 is 10.2 Å². The first kappa shape index (κ1) is 17.5. The van der Waals surface area contributed by atoms with E-state index in [0.29, 0.717) is 11.4 Å². The molecule has 7 heteroatoms. The molecule has 0 saturated carbocycles. The summed E-state index contributed by atoms with van der Waals surface area (Å²) in [6.07, 6.45) is -4.45. The topological polar surface area (TPSA) is 49.4 Å². The fourth-order valence-corrected chi connectivity index (χ4v) is 2.05. The van der Waals surface area contributed by atoms with E-state index in [-0.39, 0.29) is 11.5 Å². The first-order chi connectivity index (χ1) is 11.2. The normalized spacial score (nSPS) is 11.0. The predicted octanol–water partition coefficient (Wildman–Crippen LogP) is 3.94. The van der Waals surface area contributed by atoms with Gasteiger partial charge in [0.25, 0.3) is 5.91 Å². The Hall–Kier alpha value is -2.83. The van der Waals surface area contributed by atoms with Crippen LogP contribution in [0.2, 0.25) is 0 Å². The van der Waals surface area contributed by atoms with E-state index in [4.69, 9.17) is 0 Å². The van der Waals surface area contributed by atoms with Crippen molar-refractivity contribution in [1.29, 1.82) is 0 Å². The van der Waals surface area contributed by atoms with Gasteiger partial charge in [-0.3, -0.25) is 9.59 Å². The average molecular weight is 336 g/mol. The quantitative estimate of drug-likeness (QED) is 0.923. The molecule has 0 aliphatic heterocycles. The summed E-state index contributed by atoms with van der Waals surface area (Å²) in [6, 6.07) is 10.6. The van der Waals surface area contributed by atoms with Crippen molar-refractivity contribution in [3.05, 3.63) is 59.7 Å². The Morgan fingerprint density at radius 2 is 1.58 bits per heavy atom. The number of carbonyl (C=O) groups is 2. The van der Waals surface area contributed by atoms with E-state index in [9.17, 15) is 22.8 Å². The number of hydrogen-bond donors (Lipinski definition) is 1.